The van der Waals surface area contributed by atoms with Crippen molar-refractivity contribution in [2.24, 2.45) is 0 Å². The molecule has 3 atom stereocenters. The van der Waals surface area contributed by atoms with E-state index in [2.05, 4.69) is 14.7 Å². The molecule has 0 fully saturated rings. The van der Waals surface area contributed by atoms with E-state index in [-0.39, 0.29) is 5.15 Å². The topological polar surface area (TPSA) is 81.1 Å². The number of hydrogen-bond acceptors (Lipinski definition) is 6. The van der Waals surface area contributed by atoms with Crippen LogP contribution in [-0.4, -0.2) is 24.4 Å². The summed E-state index contributed by atoms with van der Waals surface area (Å²) in [5, 5.41) is 13.6. The molecule has 0 aliphatic carbocycles. The van der Waals surface area contributed by atoms with E-state index in [1.54, 1.807) is 6.07 Å². The minimum atomic E-state index is -1.35. The van der Waals surface area contributed by atoms with Gasteiger partial charge in [-0.2, -0.15) is 0 Å². The largest absolute Gasteiger partial charge is 0.598 e. The summed E-state index contributed by atoms with van der Waals surface area (Å²) in [6.07, 6.45) is 1.87. The normalized spacial score (nSPS) is 16.1. The van der Waals surface area contributed by atoms with Gasteiger partial charge in [0.05, 0.1) is 0 Å². The first-order valence-corrected chi connectivity index (χ1v) is 12.0. The van der Waals surface area contributed by atoms with Gasteiger partial charge in [-0.3, -0.25) is 0 Å². The summed E-state index contributed by atoms with van der Waals surface area (Å²) in [6.45, 7) is 7.69. The number of rotatable bonds is 6. The predicted octanol–water partition coefficient (Wildman–Crippen LogP) is 5.24. The lowest BCUT2D eigenvalue weighted by molar-refractivity contribution is 0.223. The molecular formula is C21H23Cl2N3O2S2. The Kier molecular flexibility index (Phi) is 7.14. The number of thiophene rings is 1. The molecule has 0 amide bonds. The van der Waals surface area contributed by atoms with Crippen LogP contribution < -0.4 is 4.72 Å². The Balaban J connectivity index is 2.04. The van der Waals surface area contributed by atoms with Crippen LogP contribution in [0.4, 0.5) is 0 Å². The fourth-order valence-electron chi connectivity index (χ4n) is 2.84. The Morgan fingerprint density at radius 3 is 2.53 bits per heavy atom. The second-order valence-electron chi connectivity index (χ2n) is 8.03. The highest BCUT2D eigenvalue weighted by Gasteiger charge is 2.39. The molecule has 2 unspecified atom stereocenters. The average Bonchev–Trinajstić information content (AvgIpc) is 3.18. The predicted molar refractivity (Wildman–Crippen MR) is 124 cm³/mol. The quantitative estimate of drug-likeness (QED) is 0.369. The van der Waals surface area contributed by atoms with Crippen molar-refractivity contribution < 1.29 is 9.66 Å². The number of nitrogens with one attached hydrogen (secondary N) is 1. The van der Waals surface area contributed by atoms with Crippen LogP contribution in [0.3, 0.4) is 0 Å². The SMILES string of the molecule is CC(C)(C)[S+]([O-])N[C@](C)(c1cccc(Cl)c1)c1csc(C(O)c2cncnc2Cl)c1. The van der Waals surface area contributed by atoms with E-state index >= 15 is 0 Å². The molecule has 0 radical (unpaired) electrons. The summed E-state index contributed by atoms with van der Waals surface area (Å²) in [5.41, 5.74) is 1.36. The Bertz CT molecular complexity index is 1030. The van der Waals surface area contributed by atoms with Crippen molar-refractivity contribution in [2.45, 2.75) is 44.1 Å². The summed E-state index contributed by atoms with van der Waals surface area (Å²) < 4.78 is 15.8. The van der Waals surface area contributed by atoms with Crippen LogP contribution in [0.5, 0.6) is 0 Å². The fourth-order valence-corrected chi connectivity index (χ4v) is 5.16. The minimum Gasteiger partial charge on any atom is -0.598 e. The van der Waals surface area contributed by atoms with Crippen LogP contribution in [0.25, 0.3) is 0 Å². The van der Waals surface area contributed by atoms with Gasteiger partial charge in [0, 0.05) is 33.0 Å². The maximum Gasteiger partial charge on any atom is 0.138 e. The molecule has 1 aromatic carbocycles. The lowest BCUT2D eigenvalue weighted by atomic mass is 9.87. The summed E-state index contributed by atoms with van der Waals surface area (Å²) in [6, 6.07) is 9.33. The van der Waals surface area contributed by atoms with Gasteiger partial charge in [0.2, 0.25) is 0 Å². The first kappa shape index (κ1) is 23.5. The molecule has 0 aliphatic rings. The van der Waals surface area contributed by atoms with Crippen LogP contribution in [0.15, 0.2) is 48.2 Å². The number of benzene rings is 1. The van der Waals surface area contributed by atoms with E-state index in [1.807, 2.05) is 57.3 Å². The Labute approximate surface area is 193 Å². The fraction of sp³-hybridized carbons (Fsp3) is 0.333. The highest BCUT2D eigenvalue weighted by molar-refractivity contribution is 7.90. The zero-order valence-electron chi connectivity index (χ0n) is 17.0. The molecule has 3 rings (SSSR count). The molecule has 2 heterocycles. The molecular weight excluding hydrogens is 461 g/mol. The first-order chi connectivity index (χ1) is 14.0. The van der Waals surface area contributed by atoms with Crippen molar-refractivity contribution in [3.05, 3.63) is 80.0 Å². The molecule has 0 saturated heterocycles. The third-order valence-corrected chi connectivity index (χ3v) is 7.95. The van der Waals surface area contributed by atoms with E-state index in [0.717, 1.165) is 11.1 Å². The second kappa shape index (κ2) is 9.12. The summed E-state index contributed by atoms with van der Waals surface area (Å²) in [4.78, 5) is 8.57. The summed E-state index contributed by atoms with van der Waals surface area (Å²) in [7, 11) is 0. The number of hydrogen-bond donors (Lipinski definition) is 2. The van der Waals surface area contributed by atoms with Crippen LogP contribution in [0.2, 0.25) is 10.2 Å². The molecule has 0 aliphatic heterocycles. The van der Waals surface area contributed by atoms with E-state index in [0.29, 0.717) is 15.5 Å². The Hall–Kier alpha value is -1.19. The minimum absolute atomic E-state index is 0.206. The molecule has 0 bridgehead atoms. The molecule has 0 spiro atoms. The Morgan fingerprint density at radius 1 is 1.17 bits per heavy atom. The number of nitrogens with zero attached hydrogens (tertiary/aromatic N) is 2. The van der Waals surface area contributed by atoms with E-state index in [1.165, 1.54) is 23.9 Å². The number of aromatic nitrogens is 2. The van der Waals surface area contributed by atoms with Gasteiger partial charge >= 0.3 is 0 Å². The maximum atomic E-state index is 13.0. The van der Waals surface area contributed by atoms with Gasteiger partial charge in [0.1, 0.15) is 27.9 Å². The summed E-state index contributed by atoms with van der Waals surface area (Å²) in [5.74, 6) is 0. The molecule has 9 heteroatoms. The van der Waals surface area contributed by atoms with Crippen molar-refractivity contribution in [3.8, 4) is 0 Å². The third kappa shape index (κ3) is 4.99. The van der Waals surface area contributed by atoms with Gasteiger partial charge in [-0.25, -0.2) is 9.97 Å². The lowest BCUT2D eigenvalue weighted by Crippen LogP contribution is -2.50. The van der Waals surface area contributed by atoms with Gasteiger partial charge in [0.25, 0.3) is 0 Å². The van der Waals surface area contributed by atoms with E-state index in [9.17, 15) is 9.66 Å². The van der Waals surface area contributed by atoms with Crippen molar-refractivity contribution >= 4 is 45.9 Å². The summed E-state index contributed by atoms with van der Waals surface area (Å²) >= 11 is 12.4. The average molecular weight is 484 g/mol. The standard InChI is InChI=1S/C21H23Cl2N3O2S2/c1-20(2,3)30(28)26-21(4,13-6-5-7-15(22)8-13)14-9-17(29-11-14)18(27)16-10-24-12-25-19(16)23/h5-12,18,26-27H,1-4H3/t18?,21-,30?/m1/s1. The highest BCUT2D eigenvalue weighted by Crippen LogP contribution is 2.38. The molecule has 2 aromatic heterocycles. The van der Waals surface area contributed by atoms with Crippen molar-refractivity contribution in [1.82, 2.24) is 14.7 Å². The lowest BCUT2D eigenvalue weighted by Gasteiger charge is -2.35. The third-order valence-electron chi connectivity index (χ3n) is 4.71. The number of aliphatic hydroxyl groups excluding tert-OH is 1. The maximum absolute atomic E-state index is 13.0. The van der Waals surface area contributed by atoms with Crippen LogP contribution >= 0.6 is 34.5 Å². The van der Waals surface area contributed by atoms with Crippen LogP contribution in [-0.2, 0) is 16.9 Å². The molecule has 0 saturated carbocycles. The van der Waals surface area contributed by atoms with E-state index < -0.39 is 27.8 Å². The molecule has 30 heavy (non-hydrogen) atoms. The zero-order chi connectivity index (χ0) is 22.1. The Morgan fingerprint density at radius 2 is 1.90 bits per heavy atom. The van der Waals surface area contributed by atoms with Crippen LogP contribution in [0.1, 0.15) is 55.4 Å². The van der Waals surface area contributed by atoms with Gasteiger partial charge in [-0.05, 0) is 62.4 Å². The smallest absolute Gasteiger partial charge is 0.138 e. The van der Waals surface area contributed by atoms with Crippen LogP contribution in [0, 0.1) is 0 Å². The van der Waals surface area contributed by atoms with Gasteiger partial charge in [-0.1, -0.05) is 35.3 Å². The van der Waals surface area contributed by atoms with Crippen molar-refractivity contribution in [1.29, 1.82) is 0 Å². The highest BCUT2D eigenvalue weighted by atomic mass is 35.5. The molecule has 5 nitrogen and oxygen atoms in total. The van der Waals surface area contributed by atoms with E-state index in [4.69, 9.17) is 23.2 Å². The first-order valence-electron chi connectivity index (χ1n) is 9.20. The van der Waals surface area contributed by atoms with Crippen molar-refractivity contribution in [2.75, 3.05) is 0 Å². The molecule has 160 valence electrons. The second-order valence-corrected chi connectivity index (χ2v) is 11.7. The van der Waals surface area contributed by atoms with Gasteiger partial charge in [0.15, 0.2) is 0 Å². The monoisotopic (exact) mass is 483 g/mol. The zero-order valence-corrected chi connectivity index (χ0v) is 20.2. The molecule has 3 aromatic rings. The van der Waals surface area contributed by atoms with Gasteiger partial charge in [-0.15, -0.1) is 16.1 Å². The number of halogens is 2. The number of aliphatic hydroxyl groups is 1. The van der Waals surface area contributed by atoms with Crippen molar-refractivity contribution in [3.63, 3.8) is 0 Å². The molecule has 2 N–H and O–H groups in total. The van der Waals surface area contributed by atoms with Gasteiger partial charge < -0.3 is 9.66 Å².